The van der Waals surface area contributed by atoms with Crippen LogP contribution in [-0.4, -0.2) is 17.1 Å². The maximum absolute atomic E-state index is 11.3. The monoisotopic (exact) mass is 275 g/mol. The Morgan fingerprint density at radius 1 is 1.40 bits per heavy atom. The van der Waals surface area contributed by atoms with Gasteiger partial charge in [-0.05, 0) is 42.7 Å². The lowest BCUT2D eigenvalue weighted by Crippen LogP contribution is -2.37. The summed E-state index contributed by atoms with van der Waals surface area (Å²) in [5, 5.41) is 12.7. The Morgan fingerprint density at radius 3 is 2.75 bits per heavy atom. The van der Waals surface area contributed by atoms with Crippen LogP contribution in [0.4, 0.5) is 5.69 Å². The van der Waals surface area contributed by atoms with Crippen molar-refractivity contribution in [1.29, 1.82) is 0 Å². The highest BCUT2D eigenvalue weighted by atomic mass is 16.4. The summed E-state index contributed by atoms with van der Waals surface area (Å²) in [6.07, 6.45) is 4.71. The van der Waals surface area contributed by atoms with Gasteiger partial charge in [0.1, 0.15) is 0 Å². The summed E-state index contributed by atoms with van der Waals surface area (Å²) in [6.45, 7) is 6.93. The first-order valence-corrected chi connectivity index (χ1v) is 7.51. The molecule has 2 unspecified atom stereocenters. The number of carboxylic acid groups (broad SMARTS) is 1. The SMILES string of the molecule is CC(C)C1(C)CCCC(Nc2ccccc2C(=O)O)C1. The molecule has 3 heteroatoms. The van der Waals surface area contributed by atoms with Gasteiger partial charge in [0.2, 0.25) is 0 Å². The molecule has 2 atom stereocenters. The van der Waals surface area contributed by atoms with Crippen molar-refractivity contribution in [3.8, 4) is 0 Å². The van der Waals surface area contributed by atoms with E-state index in [2.05, 4.69) is 26.1 Å². The summed E-state index contributed by atoms with van der Waals surface area (Å²) in [7, 11) is 0. The Morgan fingerprint density at radius 2 is 2.10 bits per heavy atom. The van der Waals surface area contributed by atoms with Gasteiger partial charge < -0.3 is 10.4 Å². The minimum atomic E-state index is -0.865. The Bertz CT molecular complexity index is 484. The molecule has 1 aliphatic rings. The lowest BCUT2D eigenvalue weighted by molar-refractivity contribution is 0.0697. The molecule has 0 heterocycles. The van der Waals surface area contributed by atoms with E-state index >= 15 is 0 Å². The van der Waals surface area contributed by atoms with Crippen LogP contribution in [-0.2, 0) is 0 Å². The highest BCUT2D eigenvalue weighted by Crippen LogP contribution is 2.42. The molecule has 0 bridgehead atoms. The van der Waals surface area contributed by atoms with Gasteiger partial charge >= 0.3 is 5.97 Å². The van der Waals surface area contributed by atoms with Gasteiger partial charge in [0.15, 0.2) is 0 Å². The highest BCUT2D eigenvalue weighted by Gasteiger charge is 2.34. The first-order valence-electron chi connectivity index (χ1n) is 7.51. The third-order valence-electron chi connectivity index (χ3n) is 4.92. The van der Waals surface area contributed by atoms with E-state index in [9.17, 15) is 9.90 Å². The molecule has 20 heavy (non-hydrogen) atoms. The van der Waals surface area contributed by atoms with Crippen LogP contribution in [0, 0.1) is 11.3 Å². The minimum absolute atomic E-state index is 0.355. The minimum Gasteiger partial charge on any atom is -0.478 e. The van der Waals surface area contributed by atoms with Crippen LogP contribution >= 0.6 is 0 Å². The van der Waals surface area contributed by atoms with Crippen LogP contribution in [0.2, 0.25) is 0 Å². The molecule has 0 aliphatic heterocycles. The van der Waals surface area contributed by atoms with Crippen LogP contribution in [0.15, 0.2) is 24.3 Å². The number of para-hydroxylation sites is 1. The first kappa shape index (κ1) is 14.9. The van der Waals surface area contributed by atoms with Gasteiger partial charge in [0, 0.05) is 11.7 Å². The Hall–Kier alpha value is -1.51. The number of carboxylic acids is 1. The van der Waals surface area contributed by atoms with E-state index in [4.69, 9.17) is 0 Å². The maximum Gasteiger partial charge on any atom is 0.337 e. The molecule has 1 aromatic rings. The zero-order valence-corrected chi connectivity index (χ0v) is 12.6. The van der Waals surface area contributed by atoms with Crippen LogP contribution in [0.5, 0.6) is 0 Å². The lowest BCUT2D eigenvalue weighted by Gasteiger charge is -2.42. The third-order valence-corrected chi connectivity index (χ3v) is 4.92. The fourth-order valence-electron chi connectivity index (χ4n) is 3.18. The third kappa shape index (κ3) is 3.14. The molecule has 2 rings (SSSR count). The van der Waals surface area contributed by atoms with Crippen molar-refractivity contribution in [2.24, 2.45) is 11.3 Å². The smallest absolute Gasteiger partial charge is 0.337 e. The second-order valence-electron chi connectivity index (χ2n) is 6.60. The Balaban J connectivity index is 2.12. The molecule has 3 nitrogen and oxygen atoms in total. The number of hydrogen-bond donors (Lipinski definition) is 2. The van der Waals surface area contributed by atoms with Crippen LogP contribution in [0.3, 0.4) is 0 Å². The highest BCUT2D eigenvalue weighted by molar-refractivity contribution is 5.94. The van der Waals surface area contributed by atoms with Gasteiger partial charge in [-0.15, -0.1) is 0 Å². The van der Waals surface area contributed by atoms with Gasteiger partial charge in [-0.3, -0.25) is 0 Å². The van der Waals surface area contributed by atoms with E-state index < -0.39 is 5.97 Å². The first-order chi connectivity index (χ1) is 9.42. The number of anilines is 1. The van der Waals surface area contributed by atoms with Crippen LogP contribution < -0.4 is 5.32 Å². The van der Waals surface area contributed by atoms with E-state index in [1.807, 2.05) is 12.1 Å². The van der Waals surface area contributed by atoms with Crippen molar-refractivity contribution in [3.63, 3.8) is 0 Å². The number of nitrogens with one attached hydrogen (secondary N) is 1. The molecule has 1 fully saturated rings. The summed E-state index contributed by atoms with van der Waals surface area (Å²) in [5.74, 6) is -0.211. The molecule has 0 aromatic heterocycles. The second kappa shape index (κ2) is 5.86. The zero-order chi connectivity index (χ0) is 14.8. The zero-order valence-electron chi connectivity index (χ0n) is 12.6. The Labute approximate surface area is 121 Å². The van der Waals surface area contributed by atoms with E-state index in [1.165, 1.54) is 12.8 Å². The van der Waals surface area contributed by atoms with Gasteiger partial charge in [-0.1, -0.05) is 39.3 Å². The second-order valence-corrected chi connectivity index (χ2v) is 6.60. The summed E-state index contributed by atoms with van der Waals surface area (Å²) in [5.41, 5.74) is 1.47. The average molecular weight is 275 g/mol. The fourth-order valence-corrected chi connectivity index (χ4v) is 3.18. The van der Waals surface area contributed by atoms with Gasteiger partial charge in [-0.25, -0.2) is 4.79 Å². The average Bonchev–Trinajstić information content (AvgIpc) is 2.39. The summed E-state index contributed by atoms with van der Waals surface area (Å²) >= 11 is 0. The van der Waals surface area contributed by atoms with E-state index in [0.29, 0.717) is 22.9 Å². The normalized spacial score (nSPS) is 26.5. The predicted molar refractivity (Wildman–Crippen MR) is 82.2 cm³/mol. The van der Waals surface area contributed by atoms with Gasteiger partial charge in [0.25, 0.3) is 0 Å². The van der Waals surface area contributed by atoms with Gasteiger partial charge in [-0.2, -0.15) is 0 Å². The summed E-state index contributed by atoms with van der Waals surface area (Å²) in [4.78, 5) is 11.3. The predicted octanol–water partition coefficient (Wildman–Crippen LogP) is 4.40. The van der Waals surface area contributed by atoms with Crippen molar-refractivity contribution in [1.82, 2.24) is 0 Å². The largest absolute Gasteiger partial charge is 0.478 e. The van der Waals surface area contributed by atoms with Gasteiger partial charge in [0.05, 0.1) is 5.56 Å². The van der Waals surface area contributed by atoms with Crippen molar-refractivity contribution in [3.05, 3.63) is 29.8 Å². The van der Waals surface area contributed by atoms with Crippen molar-refractivity contribution in [2.45, 2.75) is 52.5 Å². The number of aromatic carboxylic acids is 1. The van der Waals surface area contributed by atoms with E-state index in [-0.39, 0.29) is 0 Å². The molecule has 1 aromatic carbocycles. The fraction of sp³-hybridized carbons (Fsp3) is 0.588. The lowest BCUT2D eigenvalue weighted by atomic mass is 9.67. The molecular formula is C17H25NO2. The van der Waals surface area contributed by atoms with E-state index in [1.54, 1.807) is 12.1 Å². The van der Waals surface area contributed by atoms with Crippen LogP contribution in [0.1, 0.15) is 56.8 Å². The molecule has 0 spiro atoms. The molecule has 0 radical (unpaired) electrons. The molecule has 110 valence electrons. The molecule has 2 N–H and O–H groups in total. The molecule has 0 amide bonds. The standard InChI is InChI=1S/C17H25NO2/c1-12(2)17(3)10-6-7-13(11-17)18-15-9-5-4-8-14(15)16(19)20/h4-5,8-9,12-13,18H,6-7,10-11H2,1-3H3,(H,19,20). The summed E-state index contributed by atoms with van der Waals surface area (Å²) < 4.78 is 0. The van der Waals surface area contributed by atoms with E-state index in [0.717, 1.165) is 18.5 Å². The van der Waals surface area contributed by atoms with Crippen molar-refractivity contribution >= 4 is 11.7 Å². The van der Waals surface area contributed by atoms with Crippen molar-refractivity contribution < 1.29 is 9.90 Å². The van der Waals surface area contributed by atoms with Crippen molar-refractivity contribution in [2.75, 3.05) is 5.32 Å². The number of benzene rings is 1. The number of carbonyl (C=O) groups is 1. The summed E-state index contributed by atoms with van der Waals surface area (Å²) in [6, 6.07) is 7.56. The molecular weight excluding hydrogens is 250 g/mol. The Kier molecular flexibility index (Phi) is 4.36. The quantitative estimate of drug-likeness (QED) is 0.856. The number of rotatable bonds is 4. The molecule has 1 saturated carbocycles. The topological polar surface area (TPSA) is 49.3 Å². The van der Waals surface area contributed by atoms with Crippen LogP contribution in [0.25, 0.3) is 0 Å². The number of hydrogen-bond acceptors (Lipinski definition) is 2. The maximum atomic E-state index is 11.3. The molecule has 0 saturated heterocycles. The molecule has 1 aliphatic carbocycles.